The van der Waals surface area contributed by atoms with Gasteiger partial charge in [0.25, 0.3) is 13.0 Å². The van der Waals surface area contributed by atoms with Gasteiger partial charge in [0.1, 0.15) is 6.23 Å². The molecule has 4 N–H and O–H groups in total. The summed E-state index contributed by atoms with van der Waals surface area (Å²) in [6.07, 6.45) is -1.51. The Bertz CT molecular complexity index is 1230. The molecular weight excluding hydrogens is 520 g/mol. The highest BCUT2D eigenvalue weighted by Crippen LogP contribution is 2.77. The molecular formula is C11H15BF2N5O11P3. The molecule has 1 saturated heterocycles. The number of alkyl halides is 2. The van der Waals surface area contributed by atoms with Crippen molar-refractivity contribution in [3.8, 4) is 0 Å². The van der Waals surface area contributed by atoms with Crippen LogP contribution in [-0.4, -0.2) is 56.0 Å². The van der Waals surface area contributed by atoms with Crippen LogP contribution in [-0.2, 0) is 27.3 Å². The first-order chi connectivity index (χ1) is 14.9. The molecule has 0 saturated carbocycles. The summed E-state index contributed by atoms with van der Waals surface area (Å²) in [5, 5.41) is -2.26. The van der Waals surface area contributed by atoms with Gasteiger partial charge < -0.3 is 23.9 Å². The average molecular weight is 535 g/mol. The summed E-state index contributed by atoms with van der Waals surface area (Å²) in [6, 6.07) is -1.11. The number of nitrogens with zero attached hydrogens (tertiary/aromatic N) is 4. The van der Waals surface area contributed by atoms with Crippen LogP contribution in [0.5, 0.6) is 0 Å². The fourth-order valence-electron chi connectivity index (χ4n) is 2.59. The van der Waals surface area contributed by atoms with Gasteiger partial charge in [-0.2, -0.15) is 8.78 Å². The van der Waals surface area contributed by atoms with Crippen LogP contribution in [0.15, 0.2) is 20.9 Å². The van der Waals surface area contributed by atoms with Crippen LogP contribution in [0.4, 0.5) is 8.78 Å². The van der Waals surface area contributed by atoms with Crippen LogP contribution in [0.3, 0.4) is 0 Å². The van der Waals surface area contributed by atoms with Crippen molar-refractivity contribution in [2.75, 3.05) is 6.61 Å². The molecule has 0 aromatic carbocycles. The van der Waals surface area contributed by atoms with E-state index in [1.54, 1.807) is 0 Å². The van der Waals surface area contributed by atoms with Crippen molar-refractivity contribution in [2.45, 2.75) is 37.1 Å². The number of hydrogen-bond acceptors (Lipinski definition) is 9. The third-order valence-corrected chi connectivity index (χ3v) is 9.42. The highest BCUT2D eigenvalue weighted by atomic mass is 31.3. The summed E-state index contributed by atoms with van der Waals surface area (Å²) in [5.74, 6) is 0. The molecule has 16 nitrogen and oxygen atoms in total. The van der Waals surface area contributed by atoms with Crippen molar-refractivity contribution in [3.05, 3.63) is 43.0 Å². The fourth-order valence-corrected chi connectivity index (χ4v) is 6.41. The summed E-state index contributed by atoms with van der Waals surface area (Å²) in [6.45, 7) is 0.435. The van der Waals surface area contributed by atoms with Crippen molar-refractivity contribution in [1.29, 1.82) is 0 Å². The van der Waals surface area contributed by atoms with Gasteiger partial charge in [-0.25, -0.2) is 9.11 Å². The minimum absolute atomic E-state index is 0.128. The van der Waals surface area contributed by atoms with Gasteiger partial charge in [0.2, 0.25) is 7.57 Å². The van der Waals surface area contributed by atoms with Gasteiger partial charge in [-0.15, -0.1) is 0 Å². The van der Waals surface area contributed by atoms with Crippen molar-refractivity contribution in [3.63, 3.8) is 0 Å². The first-order valence-corrected chi connectivity index (χ1v) is 13.2. The van der Waals surface area contributed by atoms with Crippen molar-refractivity contribution in [2.24, 2.45) is 5.11 Å². The quantitative estimate of drug-likeness (QED) is 0.114. The third-order valence-electron chi connectivity index (χ3n) is 4.19. The lowest BCUT2D eigenvalue weighted by molar-refractivity contribution is -0.0232. The van der Waals surface area contributed by atoms with E-state index in [1.807, 2.05) is 4.98 Å². The predicted octanol–water partition coefficient (Wildman–Crippen LogP) is 1.03. The van der Waals surface area contributed by atoms with Gasteiger partial charge in [-0.05, 0) is 12.5 Å². The van der Waals surface area contributed by atoms with E-state index in [0.717, 1.165) is 10.8 Å². The molecule has 0 bridgehead atoms. The largest absolute Gasteiger partial charge is 0.444 e. The second-order valence-corrected chi connectivity index (χ2v) is 12.2. The molecule has 0 aliphatic carbocycles. The first-order valence-electron chi connectivity index (χ1n) is 8.44. The number of nitrogens with one attached hydrogen (secondary N) is 1. The van der Waals surface area contributed by atoms with E-state index in [1.165, 1.54) is 6.92 Å². The lowest BCUT2D eigenvalue weighted by Gasteiger charge is -2.26. The second-order valence-electron chi connectivity index (χ2n) is 6.61. The van der Waals surface area contributed by atoms with Crippen LogP contribution in [0.2, 0.25) is 0 Å². The normalized spacial score (nSPS) is 25.1. The SMILES string of the molecule is [B]P(=O)(OC[C@H]1O[C@@H](n2cc(C)c(=O)[nH]c2=O)C[C@@H]1N=[N+]=[N-])OP(=O)(O)C(F)(F)P(=O)(O)O. The van der Waals surface area contributed by atoms with Gasteiger partial charge in [0.05, 0.1) is 18.8 Å². The molecule has 2 unspecified atom stereocenters. The van der Waals surface area contributed by atoms with Crippen molar-refractivity contribution < 1.29 is 50.7 Å². The molecule has 0 spiro atoms. The van der Waals surface area contributed by atoms with Crippen LogP contribution >= 0.6 is 22.7 Å². The fraction of sp³-hybridized carbons (Fsp3) is 0.636. The maximum absolute atomic E-state index is 13.5. The van der Waals surface area contributed by atoms with Crippen LogP contribution in [0.25, 0.3) is 10.4 Å². The maximum Gasteiger partial charge on any atom is 0.444 e. The summed E-state index contributed by atoms with van der Waals surface area (Å²) in [7, 11) is -13.5. The minimum atomic E-state index is -6.62. The smallest absolute Gasteiger partial charge is 0.352 e. The molecule has 0 amide bonds. The Labute approximate surface area is 183 Å². The Morgan fingerprint density at radius 3 is 2.55 bits per heavy atom. The Morgan fingerprint density at radius 1 is 1.39 bits per heavy atom. The predicted molar refractivity (Wildman–Crippen MR) is 105 cm³/mol. The summed E-state index contributed by atoms with van der Waals surface area (Å²) >= 11 is 0. The van der Waals surface area contributed by atoms with Gasteiger partial charge in [-0.1, -0.05) is 5.11 Å². The van der Waals surface area contributed by atoms with Gasteiger partial charge in [0, 0.05) is 23.1 Å². The topological polar surface area (TPSA) is 243 Å². The number of aryl methyl sites for hydroxylation is 1. The molecule has 1 aliphatic rings. The molecule has 2 heterocycles. The lowest BCUT2D eigenvalue weighted by Crippen LogP contribution is -2.33. The lowest BCUT2D eigenvalue weighted by atomic mass is 10.1. The number of aromatic amines is 1. The molecule has 1 aromatic heterocycles. The van der Waals surface area contributed by atoms with E-state index in [9.17, 15) is 37.0 Å². The number of H-pyrrole nitrogens is 1. The van der Waals surface area contributed by atoms with Crippen LogP contribution in [0, 0.1) is 6.92 Å². The summed E-state index contributed by atoms with van der Waals surface area (Å²) < 4.78 is 76.0. The number of azide groups is 1. The zero-order valence-corrected chi connectivity index (χ0v) is 19.0. The molecule has 1 aliphatic heterocycles. The van der Waals surface area contributed by atoms with Crippen molar-refractivity contribution >= 4 is 30.2 Å². The Balaban J connectivity index is 2.19. The number of halogens is 2. The monoisotopic (exact) mass is 535 g/mol. The number of rotatable bonds is 9. The molecule has 22 heteroatoms. The number of hydrogen-bond donors (Lipinski definition) is 4. The molecule has 1 aromatic rings. The standard InChI is InChI=1S/C11H15BF2N5O11P3/c1-5-3-19(10(21)16-9(5)20)8-2-6(17-18-15)7(29-8)4-28-33(12,27)30-32(25,26)11(13,14)31(22,23)24/h3,6-8H,2,4H2,1H3,(H,25,26)(H,16,20,21)(H2,22,23,24)/t6-,7+,8+,33?/m0/s1. The van der Waals surface area contributed by atoms with E-state index in [4.69, 9.17) is 27.6 Å². The molecule has 2 radical (unpaired) electrons. The highest BCUT2D eigenvalue weighted by Gasteiger charge is 2.66. The summed E-state index contributed by atoms with van der Waals surface area (Å²) in [4.78, 5) is 54.3. The van der Waals surface area contributed by atoms with E-state index in [0.29, 0.717) is 0 Å². The average Bonchev–Trinajstić information content (AvgIpc) is 3.04. The van der Waals surface area contributed by atoms with E-state index in [2.05, 4.69) is 18.9 Å². The summed E-state index contributed by atoms with van der Waals surface area (Å²) in [5.41, 5.74) is 7.28. The van der Waals surface area contributed by atoms with Gasteiger partial charge in [0.15, 0.2) is 0 Å². The zero-order chi connectivity index (χ0) is 25.4. The Morgan fingerprint density at radius 2 is 2.00 bits per heavy atom. The van der Waals surface area contributed by atoms with Gasteiger partial charge in [-0.3, -0.25) is 28.0 Å². The van der Waals surface area contributed by atoms with Crippen LogP contribution in [0.1, 0.15) is 18.2 Å². The first kappa shape index (κ1) is 27.6. The van der Waals surface area contributed by atoms with Gasteiger partial charge >= 0.3 is 26.3 Å². The third kappa shape index (κ3) is 6.08. The Kier molecular flexibility index (Phi) is 7.99. The minimum Gasteiger partial charge on any atom is -0.352 e. The zero-order valence-electron chi connectivity index (χ0n) is 16.3. The second kappa shape index (κ2) is 9.55. The van der Waals surface area contributed by atoms with E-state index < -0.39 is 64.3 Å². The van der Waals surface area contributed by atoms with Crippen molar-refractivity contribution in [1.82, 2.24) is 9.55 Å². The van der Waals surface area contributed by atoms with Crippen LogP contribution < -0.4 is 11.2 Å². The number of aromatic nitrogens is 2. The highest BCUT2D eigenvalue weighted by molar-refractivity contribution is 7.86. The molecule has 1 fully saturated rings. The number of ether oxygens (including phenoxy) is 1. The molecule has 2 rings (SSSR count). The maximum atomic E-state index is 13.5. The van der Waals surface area contributed by atoms with E-state index >= 15 is 0 Å². The molecule has 182 valence electrons. The van der Waals surface area contributed by atoms with E-state index in [-0.39, 0.29) is 12.0 Å². The Hall–Kier alpha value is -1.64. The molecule has 5 atom stereocenters. The molecule has 33 heavy (non-hydrogen) atoms.